The van der Waals surface area contributed by atoms with E-state index in [4.69, 9.17) is 10.3 Å². The molecule has 1 heterocycles. The number of rotatable bonds is 7. The predicted octanol–water partition coefficient (Wildman–Crippen LogP) is 1.18. The lowest BCUT2D eigenvalue weighted by molar-refractivity contribution is -0.121. The summed E-state index contributed by atoms with van der Waals surface area (Å²) in [4.78, 5) is 13.1. The number of hydrogen-bond donors (Lipinski definition) is 2. The summed E-state index contributed by atoms with van der Waals surface area (Å²) in [5.41, 5.74) is 3.35. The molecule has 3 N–H and O–H groups in total. The zero-order valence-corrected chi connectivity index (χ0v) is 10.5. The predicted molar refractivity (Wildman–Crippen MR) is 66.0 cm³/mol. The maximum Gasteiger partial charge on any atom is 0.233 e. The summed E-state index contributed by atoms with van der Waals surface area (Å²) in [6, 6.07) is 1.99. The van der Waals surface area contributed by atoms with Crippen LogP contribution in [0.5, 0.6) is 0 Å². The monoisotopic (exact) mass is 239 g/mol. The fourth-order valence-corrected chi connectivity index (χ4v) is 1.68. The Morgan fingerprint density at radius 3 is 2.88 bits per heavy atom. The average molecular weight is 239 g/mol. The van der Waals surface area contributed by atoms with Gasteiger partial charge in [-0.25, -0.2) is 5.84 Å². The molecule has 0 radical (unpaired) electrons. The van der Waals surface area contributed by atoms with Crippen molar-refractivity contribution in [1.82, 2.24) is 10.3 Å². The van der Waals surface area contributed by atoms with Crippen molar-refractivity contribution in [3.8, 4) is 0 Å². The van der Waals surface area contributed by atoms with Crippen molar-refractivity contribution in [3.63, 3.8) is 0 Å². The molecule has 0 atom stereocenters. The van der Waals surface area contributed by atoms with Crippen molar-refractivity contribution in [1.29, 1.82) is 0 Å². The molecule has 0 saturated heterocycles. The van der Waals surface area contributed by atoms with E-state index in [1.54, 1.807) is 6.26 Å². The Morgan fingerprint density at radius 2 is 2.29 bits per heavy atom. The van der Waals surface area contributed by atoms with Gasteiger partial charge in [-0.05, 0) is 39.4 Å². The number of nitrogens with zero attached hydrogens (tertiary/aromatic N) is 1. The van der Waals surface area contributed by atoms with E-state index in [2.05, 4.69) is 17.4 Å². The second-order valence-electron chi connectivity index (χ2n) is 4.26. The number of furan rings is 1. The minimum absolute atomic E-state index is 0.0988. The molecular weight excluding hydrogens is 218 g/mol. The van der Waals surface area contributed by atoms with Crippen LogP contribution >= 0.6 is 0 Å². The molecule has 96 valence electrons. The number of carbonyl (C=O) groups is 1. The van der Waals surface area contributed by atoms with Crippen molar-refractivity contribution < 1.29 is 9.21 Å². The van der Waals surface area contributed by atoms with Crippen molar-refractivity contribution >= 4 is 5.91 Å². The molecule has 0 spiro atoms. The molecule has 1 aromatic heterocycles. The Labute approximate surface area is 102 Å². The fraction of sp³-hybridized carbons (Fsp3) is 0.583. The lowest BCUT2D eigenvalue weighted by atomic mass is 10.2. The maximum absolute atomic E-state index is 10.9. The van der Waals surface area contributed by atoms with Crippen LogP contribution < -0.4 is 11.3 Å². The zero-order chi connectivity index (χ0) is 12.7. The van der Waals surface area contributed by atoms with Crippen LogP contribution in [0.2, 0.25) is 0 Å². The van der Waals surface area contributed by atoms with Gasteiger partial charge < -0.3 is 9.32 Å². The Bertz CT molecular complexity index is 349. The van der Waals surface area contributed by atoms with Crippen LogP contribution in [-0.4, -0.2) is 24.4 Å². The lowest BCUT2D eigenvalue weighted by Crippen LogP contribution is -2.29. The van der Waals surface area contributed by atoms with Gasteiger partial charge >= 0.3 is 0 Å². The summed E-state index contributed by atoms with van der Waals surface area (Å²) in [6.07, 6.45) is 4.05. The number of nitrogens with two attached hydrogens (primary N) is 1. The summed E-state index contributed by atoms with van der Waals surface area (Å²) in [7, 11) is 2.06. The van der Waals surface area contributed by atoms with E-state index < -0.39 is 0 Å². The zero-order valence-electron chi connectivity index (χ0n) is 10.5. The molecule has 1 aromatic rings. The van der Waals surface area contributed by atoms with E-state index in [-0.39, 0.29) is 5.91 Å². The van der Waals surface area contributed by atoms with Crippen molar-refractivity contribution in [2.45, 2.75) is 32.7 Å². The standard InChI is InChI=1S/C12H21N3O2/c1-10-11(6-8-17-10)9-15(2)7-4-3-5-12(16)14-13/h6,8H,3-5,7,9,13H2,1-2H3,(H,14,16). The van der Waals surface area contributed by atoms with E-state index in [0.717, 1.165) is 31.7 Å². The molecule has 17 heavy (non-hydrogen) atoms. The van der Waals surface area contributed by atoms with E-state index in [1.165, 1.54) is 5.56 Å². The van der Waals surface area contributed by atoms with Crippen LogP contribution in [0.3, 0.4) is 0 Å². The Morgan fingerprint density at radius 1 is 1.53 bits per heavy atom. The molecule has 5 heteroatoms. The Hall–Kier alpha value is -1.33. The number of hydrogen-bond acceptors (Lipinski definition) is 4. The fourth-order valence-electron chi connectivity index (χ4n) is 1.68. The second kappa shape index (κ2) is 7.09. The van der Waals surface area contributed by atoms with Gasteiger partial charge in [0.25, 0.3) is 0 Å². The normalized spacial score (nSPS) is 10.8. The molecule has 0 aliphatic carbocycles. The molecule has 1 rings (SSSR count). The van der Waals surface area contributed by atoms with Crippen LogP contribution in [0.15, 0.2) is 16.7 Å². The Kier molecular flexibility index (Phi) is 5.72. The molecule has 0 aliphatic rings. The molecule has 5 nitrogen and oxygen atoms in total. The Balaban J connectivity index is 2.15. The van der Waals surface area contributed by atoms with Crippen molar-refractivity contribution in [2.75, 3.05) is 13.6 Å². The first-order valence-electron chi connectivity index (χ1n) is 5.84. The molecular formula is C12H21N3O2. The van der Waals surface area contributed by atoms with Crippen molar-refractivity contribution in [3.05, 3.63) is 23.7 Å². The van der Waals surface area contributed by atoms with Gasteiger partial charge in [0.05, 0.1) is 6.26 Å². The summed E-state index contributed by atoms with van der Waals surface area (Å²) >= 11 is 0. The minimum Gasteiger partial charge on any atom is -0.469 e. The number of nitrogens with one attached hydrogen (secondary N) is 1. The van der Waals surface area contributed by atoms with Crippen LogP contribution in [0.1, 0.15) is 30.6 Å². The third-order valence-electron chi connectivity index (χ3n) is 2.76. The molecule has 1 amide bonds. The van der Waals surface area contributed by atoms with Crippen LogP contribution in [0, 0.1) is 6.92 Å². The molecule has 0 saturated carbocycles. The van der Waals surface area contributed by atoms with Gasteiger partial charge in [-0.15, -0.1) is 0 Å². The summed E-state index contributed by atoms with van der Waals surface area (Å²) in [5, 5.41) is 0. The first-order chi connectivity index (χ1) is 8.13. The quantitative estimate of drug-likeness (QED) is 0.324. The second-order valence-corrected chi connectivity index (χ2v) is 4.26. The highest BCUT2D eigenvalue weighted by atomic mass is 16.3. The molecule has 0 unspecified atom stereocenters. The topological polar surface area (TPSA) is 71.5 Å². The first-order valence-corrected chi connectivity index (χ1v) is 5.84. The third-order valence-corrected chi connectivity index (χ3v) is 2.76. The summed E-state index contributed by atoms with van der Waals surface area (Å²) in [5.74, 6) is 5.87. The van der Waals surface area contributed by atoms with E-state index in [0.29, 0.717) is 6.42 Å². The van der Waals surface area contributed by atoms with Crippen LogP contribution in [0.4, 0.5) is 0 Å². The molecule has 0 aromatic carbocycles. The summed E-state index contributed by atoms with van der Waals surface area (Å²) < 4.78 is 5.24. The molecule has 0 bridgehead atoms. The van der Waals surface area contributed by atoms with Gasteiger partial charge in [0.15, 0.2) is 0 Å². The van der Waals surface area contributed by atoms with E-state index >= 15 is 0 Å². The third kappa shape index (κ3) is 5.01. The maximum atomic E-state index is 10.9. The van der Waals surface area contributed by atoms with Gasteiger partial charge in [0.2, 0.25) is 5.91 Å². The number of unbranched alkanes of at least 4 members (excludes halogenated alkanes) is 1. The first kappa shape index (κ1) is 13.7. The van der Waals surface area contributed by atoms with Gasteiger partial charge in [-0.3, -0.25) is 10.2 Å². The number of carbonyl (C=O) groups excluding carboxylic acids is 1. The largest absolute Gasteiger partial charge is 0.469 e. The van der Waals surface area contributed by atoms with E-state index in [1.807, 2.05) is 13.0 Å². The SMILES string of the molecule is Cc1occc1CN(C)CCCCC(=O)NN. The highest BCUT2D eigenvalue weighted by Gasteiger charge is 2.05. The number of amides is 1. The lowest BCUT2D eigenvalue weighted by Gasteiger charge is -2.15. The van der Waals surface area contributed by atoms with Gasteiger partial charge in [0, 0.05) is 18.5 Å². The van der Waals surface area contributed by atoms with E-state index in [9.17, 15) is 4.79 Å². The molecule has 0 aliphatic heterocycles. The number of hydrazine groups is 1. The highest BCUT2D eigenvalue weighted by Crippen LogP contribution is 2.11. The average Bonchev–Trinajstić information content (AvgIpc) is 2.70. The summed E-state index contributed by atoms with van der Waals surface area (Å²) in [6.45, 7) is 3.81. The van der Waals surface area contributed by atoms with Crippen LogP contribution in [-0.2, 0) is 11.3 Å². The van der Waals surface area contributed by atoms with Gasteiger partial charge in [-0.2, -0.15) is 0 Å². The molecule has 0 fully saturated rings. The smallest absolute Gasteiger partial charge is 0.233 e. The highest BCUT2D eigenvalue weighted by molar-refractivity contribution is 5.75. The van der Waals surface area contributed by atoms with Crippen LogP contribution in [0.25, 0.3) is 0 Å². The minimum atomic E-state index is -0.0988. The van der Waals surface area contributed by atoms with Gasteiger partial charge in [-0.1, -0.05) is 0 Å². The van der Waals surface area contributed by atoms with Crippen molar-refractivity contribution in [2.24, 2.45) is 5.84 Å². The van der Waals surface area contributed by atoms with Gasteiger partial charge in [0.1, 0.15) is 5.76 Å². The number of aryl methyl sites for hydroxylation is 1.